The zero-order chi connectivity index (χ0) is 19.8. The molecule has 2 aromatic carbocycles. The van der Waals surface area contributed by atoms with Crippen LogP contribution in [0.1, 0.15) is 38.5 Å². The van der Waals surface area contributed by atoms with Gasteiger partial charge in [0.1, 0.15) is 5.75 Å². The first-order valence-electron chi connectivity index (χ1n) is 10.1. The van der Waals surface area contributed by atoms with Gasteiger partial charge >= 0.3 is 5.97 Å². The molecule has 5 nitrogen and oxygen atoms in total. The van der Waals surface area contributed by atoms with Crippen LogP contribution in [-0.4, -0.2) is 32.1 Å². The highest BCUT2D eigenvalue weighted by Crippen LogP contribution is 2.30. The number of amides is 1. The maximum Gasteiger partial charge on any atom is 0.309 e. The lowest BCUT2D eigenvalue weighted by molar-refractivity contribution is -0.148. The fourth-order valence-corrected chi connectivity index (χ4v) is 3.93. The van der Waals surface area contributed by atoms with E-state index in [0.29, 0.717) is 26.0 Å². The Morgan fingerprint density at radius 1 is 1.07 bits per heavy atom. The number of ether oxygens (including phenoxy) is 2. The number of carbonyl (C=O) groups is 2. The van der Waals surface area contributed by atoms with Gasteiger partial charge in [-0.15, -0.1) is 0 Å². The van der Waals surface area contributed by atoms with Crippen molar-refractivity contribution in [3.8, 4) is 5.75 Å². The maximum atomic E-state index is 12.1. The molecule has 1 N–H and O–H groups in total. The second-order valence-electron chi connectivity index (χ2n) is 7.44. The molecule has 0 aromatic heterocycles. The van der Waals surface area contributed by atoms with Crippen LogP contribution in [0.2, 0.25) is 0 Å². The minimum atomic E-state index is -0.150. The molecular weight excluding hydrogens is 354 g/mol. The van der Waals surface area contributed by atoms with Crippen LogP contribution in [0.5, 0.6) is 5.75 Å². The largest absolute Gasteiger partial charge is 0.494 e. The SMILES string of the molecule is COC(=O)C1CCCCC1CNC(=O)CCCOc1ccc2ccccc2c1. The number of benzene rings is 2. The topological polar surface area (TPSA) is 64.6 Å². The molecule has 2 aromatic rings. The predicted octanol–water partition coefficient (Wildman–Crippen LogP) is 4.09. The second kappa shape index (κ2) is 10.1. The summed E-state index contributed by atoms with van der Waals surface area (Å²) in [5.41, 5.74) is 0. The lowest BCUT2D eigenvalue weighted by atomic mass is 9.79. The van der Waals surface area contributed by atoms with E-state index in [1.807, 2.05) is 30.3 Å². The summed E-state index contributed by atoms with van der Waals surface area (Å²) in [4.78, 5) is 24.0. The van der Waals surface area contributed by atoms with Crippen LogP contribution in [-0.2, 0) is 14.3 Å². The Bertz CT molecular complexity index is 804. The van der Waals surface area contributed by atoms with Crippen molar-refractivity contribution in [2.24, 2.45) is 11.8 Å². The zero-order valence-electron chi connectivity index (χ0n) is 16.5. The molecule has 5 heteroatoms. The second-order valence-corrected chi connectivity index (χ2v) is 7.44. The van der Waals surface area contributed by atoms with Gasteiger partial charge in [0.15, 0.2) is 0 Å². The first kappa shape index (κ1) is 20.2. The van der Waals surface area contributed by atoms with Gasteiger partial charge < -0.3 is 14.8 Å². The standard InChI is InChI=1S/C23H29NO4/c1-27-23(26)21-10-5-4-9-19(21)16-24-22(25)11-6-14-28-20-13-12-17-7-2-3-8-18(17)15-20/h2-3,7-8,12-13,15,19,21H,4-6,9-11,14,16H2,1H3,(H,24,25). The van der Waals surface area contributed by atoms with Crippen molar-refractivity contribution in [1.82, 2.24) is 5.32 Å². The minimum absolute atomic E-state index is 0.0105. The van der Waals surface area contributed by atoms with Crippen LogP contribution in [0, 0.1) is 11.8 Å². The van der Waals surface area contributed by atoms with Gasteiger partial charge in [0.25, 0.3) is 0 Å². The summed E-state index contributed by atoms with van der Waals surface area (Å²) in [6.45, 7) is 1.05. The van der Waals surface area contributed by atoms with Crippen LogP contribution < -0.4 is 10.1 Å². The van der Waals surface area contributed by atoms with Crippen molar-refractivity contribution >= 4 is 22.6 Å². The molecule has 1 fully saturated rings. The predicted molar refractivity (Wildman–Crippen MR) is 109 cm³/mol. The third-order valence-corrected chi connectivity index (χ3v) is 5.51. The Kier molecular flexibility index (Phi) is 7.29. The van der Waals surface area contributed by atoms with Gasteiger partial charge in [0, 0.05) is 13.0 Å². The highest BCUT2D eigenvalue weighted by atomic mass is 16.5. The number of carbonyl (C=O) groups excluding carboxylic acids is 2. The molecule has 1 aliphatic rings. The van der Waals surface area contributed by atoms with Crippen molar-refractivity contribution in [3.63, 3.8) is 0 Å². The van der Waals surface area contributed by atoms with Crippen LogP contribution >= 0.6 is 0 Å². The Labute approximate surface area is 166 Å². The summed E-state index contributed by atoms with van der Waals surface area (Å²) in [7, 11) is 1.43. The number of hydrogen-bond acceptors (Lipinski definition) is 4. The molecule has 0 aliphatic heterocycles. The summed E-state index contributed by atoms with van der Waals surface area (Å²) >= 11 is 0. The van der Waals surface area contributed by atoms with Crippen LogP contribution in [0.25, 0.3) is 10.8 Å². The van der Waals surface area contributed by atoms with Crippen LogP contribution in [0.3, 0.4) is 0 Å². The minimum Gasteiger partial charge on any atom is -0.494 e. The normalized spacial score (nSPS) is 19.2. The lowest BCUT2D eigenvalue weighted by Gasteiger charge is -2.29. The van der Waals surface area contributed by atoms with E-state index < -0.39 is 0 Å². The van der Waals surface area contributed by atoms with Crippen molar-refractivity contribution < 1.29 is 19.1 Å². The van der Waals surface area contributed by atoms with E-state index in [-0.39, 0.29) is 23.7 Å². The summed E-state index contributed by atoms with van der Waals surface area (Å²) in [5, 5.41) is 5.31. The Morgan fingerprint density at radius 2 is 1.86 bits per heavy atom. The summed E-state index contributed by atoms with van der Waals surface area (Å²) < 4.78 is 10.7. The Morgan fingerprint density at radius 3 is 2.68 bits per heavy atom. The first-order chi connectivity index (χ1) is 13.7. The summed E-state index contributed by atoms with van der Waals surface area (Å²) in [6.07, 6.45) is 5.05. The maximum absolute atomic E-state index is 12.1. The van der Waals surface area contributed by atoms with E-state index in [1.54, 1.807) is 0 Å². The van der Waals surface area contributed by atoms with E-state index in [9.17, 15) is 9.59 Å². The van der Waals surface area contributed by atoms with Gasteiger partial charge in [0.2, 0.25) is 5.91 Å². The highest BCUT2D eigenvalue weighted by Gasteiger charge is 2.31. The van der Waals surface area contributed by atoms with Gasteiger partial charge in [-0.25, -0.2) is 0 Å². The van der Waals surface area contributed by atoms with Crippen LogP contribution in [0.15, 0.2) is 42.5 Å². The zero-order valence-corrected chi connectivity index (χ0v) is 16.5. The summed E-state index contributed by atoms with van der Waals surface area (Å²) in [6, 6.07) is 14.2. The van der Waals surface area contributed by atoms with E-state index >= 15 is 0 Å². The average molecular weight is 383 g/mol. The molecule has 28 heavy (non-hydrogen) atoms. The molecule has 1 amide bonds. The van der Waals surface area contributed by atoms with E-state index in [4.69, 9.17) is 9.47 Å². The molecule has 1 aliphatic carbocycles. The molecule has 150 valence electrons. The molecule has 0 radical (unpaired) electrons. The molecule has 2 unspecified atom stereocenters. The van der Waals surface area contributed by atoms with Gasteiger partial charge in [-0.3, -0.25) is 9.59 Å². The van der Waals surface area contributed by atoms with Crippen molar-refractivity contribution in [1.29, 1.82) is 0 Å². The molecule has 3 rings (SSSR count). The third-order valence-electron chi connectivity index (χ3n) is 5.51. The number of esters is 1. The number of methoxy groups -OCH3 is 1. The quantitative estimate of drug-likeness (QED) is 0.551. The third kappa shape index (κ3) is 5.47. The molecule has 2 atom stereocenters. The smallest absolute Gasteiger partial charge is 0.309 e. The fourth-order valence-electron chi connectivity index (χ4n) is 3.93. The number of hydrogen-bond donors (Lipinski definition) is 1. The molecule has 0 heterocycles. The fraction of sp³-hybridized carbons (Fsp3) is 0.478. The van der Waals surface area contributed by atoms with Gasteiger partial charge in [-0.05, 0) is 48.1 Å². The molecular formula is C23H29NO4. The Balaban J connectivity index is 1.37. The van der Waals surface area contributed by atoms with Gasteiger partial charge in [-0.1, -0.05) is 43.2 Å². The molecule has 0 spiro atoms. The van der Waals surface area contributed by atoms with Crippen molar-refractivity contribution in [2.45, 2.75) is 38.5 Å². The average Bonchev–Trinajstić information content (AvgIpc) is 2.74. The number of rotatable bonds is 8. The molecule has 0 saturated heterocycles. The monoisotopic (exact) mass is 383 g/mol. The van der Waals surface area contributed by atoms with E-state index in [1.165, 1.54) is 12.5 Å². The lowest BCUT2D eigenvalue weighted by Crippen LogP contribution is -2.37. The van der Waals surface area contributed by atoms with Gasteiger partial charge in [0.05, 0.1) is 19.6 Å². The van der Waals surface area contributed by atoms with E-state index in [0.717, 1.165) is 36.8 Å². The summed E-state index contributed by atoms with van der Waals surface area (Å²) in [5.74, 6) is 0.774. The highest BCUT2D eigenvalue weighted by molar-refractivity contribution is 5.83. The number of nitrogens with one attached hydrogen (secondary N) is 1. The Hall–Kier alpha value is -2.56. The van der Waals surface area contributed by atoms with Crippen LogP contribution in [0.4, 0.5) is 0 Å². The van der Waals surface area contributed by atoms with Crippen molar-refractivity contribution in [2.75, 3.05) is 20.3 Å². The number of fused-ring (bicyclic) bond motifs is 1. The van der Waals surface area contributed by atoms with Crippen molar-refractivity contribution in [3.05, 3.63) is 42.5 Å². The molecule has 0 bridgehead atoms. The van der Waals surface area contributed by atoms with Gasteiger partial charge in [-0.2, -0.15) is 0 Å². The molecule has 1 saturated carbocycles. The van der Waals surface area contributed by atoms with E-state index in [2.05, 4.69) is 17.4 Å². The first-order valence-corrected chi connectivity index (χ1v) is 10.1.